The molecule has 0 radical (unpaired) electrons. The Kier molecular flexibility index (Phi) is 8.98. The lowest BCUT2D eigenvalue weighted by atomic mass is 10.0. The van der Waals surface area contributed by atoms with Crippen LogP contribution in [0.3, 0.4) is 0 Å². The number of imide groups is 1. The second kappa shape index (κ2) is 11.2. The lowest BCUT2D eigenvalue weighted by Gasteiger charge is -2.17. The third-order valence-corrected chi connectivity index (χ3v) is 5.81. The third kappa shape index (κ3) is 6.75. The first kappa shape index (κ1) is 23.2. The summed E-state index contributed by atoms with van der Waals surface area (Å²) in [6, 6.07) is 6.94. The van der Waals surface area contributed by atoms with Gasteiger partial charge >= 0.3 is 6.03 Å². The fourth-order valence-corrected chi connectivity index (χ4v) is 3.78. The summed E-state index contributed by atoms with van der Waals surface area (Å²) in [4.78, 5) is 23.7. The number of nitrogens with one attached hydrogen (secondary N) is 2. The van der Waals surface area contributed by atoms with Crippen LogP contribution >= 0.6 is 23.4 Å². The van der Waals surface area contributed by atoms with E-state index in [0.29, 0.717) is 16.1 Å². The number of rotatable bonds is 9. The summed E-state index contributed by atoms with van der Waals surface area (Å²) in [7, 11) is 1.47. The predicted octanol–water partition coefficient (Wildman–Crippen LogP) is 4.36. The molecule has 3 amide bonds. The van der Waals surface area contributed by atoms with E-state index in [-0.39, 0.29) is 5.91 Å². The summed E-state index contributed by atoms with van der Waals surface area (Å²) in [5.74, 6) is 0.800. The van der Waals surface area contributed by atoms with Gasteiger partial charge in [-0.25, -0.2) is 4.79 Å². The number of halogens is 1. The average Bonchev–Trinajstić information content (AvgIpc) is 3.08. The molecule has 158 valence electrons. The number of carbonyl (C=O) groups is 2. The molecule has 2 unspecified atom stereocenters. The SMILES string of the molecule is CCCCC(C)Cn1c(SC(C)C(=O)NC(=O)NC)nnc1-c1ccc(Cl)cc1. The molecule has 29 heavy (non-hydrogen) atoms. The molecule has 2 aromatic rings. The molecule has 0 spiro atoms. The molecule has 7 nitrogen and oxygen atoms in total. The molecule has 2 atom stereocenters. The third-order valence-electron chi connectivity index (χ3n) is 4.48. The molecular weight excluding hydrogens is 410 g/mol. The Labute approximate surface area is 181 Å². The summed E-state index contributed by atoms with van der Waals surface area (Å²) in [5, 5.41) is 14.2. The molecule has 1 aromatic carbocycles. The number of urea groups is 1. The van der Waals surface area contributed by atoms with Crippen molar-refractivity contribution >= 4 is 35.3 Å². The van der Waals surface area contributed by atoms with Gasteiger partial charge in [0, 0.05) is 24.2 Å². The van der Waals surface area contributed by atoms with Crippen LogP contribution in [0.15, 0.2) is 29.4 Å². The summed E-state index contributed by atoms with van der Waals surface area (Å²) < 4.78 is 2.05. The van der Waals surface area contributed by atoms with Crippen molar-refractivity contribution in [3.63, 3.8) is 0 Å². The number of hydrogen-bond donors (Lipinski definition) is 2. The summed E-state index contributed by atoms with van der Waals surface area (Å²) >= 11 is 7.31. The van der Waals surface area contributed by atoms with Crippen LogP contribution in [0.25, 0.3) is 11.4 Å². The Morgan fingerprint density at radius 2 is 1.90 bits per heavy atom. The van der Waals surface area contributed by atoms with E-state index in [1.807, 2.05) is 24.3 Å². The molecule has 0 saturated carbocycles. The van der Waals surface area contributed by atoms with E-state index in [9.17, 15) is 9.59 Å². The molecule has 1 aromatic heterocycles. The van der Waals surface area contributed by atoms with Crippen LogP contribution in [-0.4, -0.2) is 39.0 Å². The van der Waals surface area contributed by atoms with Gasteiger partial charge in [-0.15, -0.1) is 10.2 Å². The van der Waals surface area contributed by atoms with Crippen LogP contribution in [0.5, 0.6) is 0 Å². The van der Waals surface area contributed by atoms with E-state index in [1.54, 1.807) is 6.92 Å². The predicted molar refractivity (Wildman–Crippen MR) is 117 cm³/mol. The average molecular weight is 438 g/mol. The first-order valence-corrected chi connectivity index (χ1v) is 11.0. The van der Waals surface area contributed by atoms with Gasteiger partial charge in [-0.1, -0.05) is 50.1 Å². The van der Waals surface area contributed by atoms with Crippen molar-refractivity contribution < 1.29 is 9.59 Å². The monoisotopic (exact) mass is 437 g/mol. The number of aromatic nitrogens is 3. The zero-order valence-corrected chi connectivity index (χ0v) is 18.8. The number of carbonyl (C=O) groups excluding carboxylic acids is 2. The van der Waals surface area contributed by atoms with Crippen LogP contribution in [0.1, 0.15) is 40.0 Å². The fraction of sp³-hybridized carbons (Fsp3) is 0.500. The van der Waals surface area contributed by atoms with E-state index < -0.39 is 11.3 Å². The van der Waals surface area contributed by atoms with Gasteiger partial charge in [-0.2, -0.15) is 0 Å². The van der Waals surface area contributed by atoms with Gasteiger partial charge in [-0.05, 0) is 43.5 Å². The molecule has 9 heteroatoms. The zero-order valence-electron chi connectivity index (χ0n) is 17.2. The smallest absolute Gasteiger partial charge is 0.321 e. The summed E-state index contributed by atoms with van der Waals surface area (Å²) in [6.07, 6.45) is 3.41. The number of thioether (sulfide) groups is 1. The number of unbranched alkanes of at least 4 members (excludes halogenated alkanes) is 1. The Morgan fingerprint density at radius 1 is 1.21 bits per heavy atom. The highest BCUT2D eigenvalue weighted by molar-refractivity contribution is 8.00. The molecule has 0 fully saturated rings. The van der Waals surface area contributed by atoms with Crippen molar-refractivity contribution in [3.05, 3.63) is 29.3 Å². The number of benzene rings is 1. The Hall–Kier alpha value is -2.06. The standard InChI is InChI=1S/C20H28ClN5O2S/c1-5-6-7-13(2)12-26-17(15-8-10-16(21)11-9-15)24-25-20(26)29-14(3)18(27)23-19(28)22-4/h8-11,13-14H,5-7,12H2,1-4H3,(H2,22,23,27,28). The lowest BCUT2D eigenvalue weighted by molar-refractivity contribution is -0.119. The van der Waals surface area contributed by atoms with Gasteiger partial charge < -0.3 is 9.88 Å². The Morgan fingerprint density at radius 3 is 2.52 bits per heavy atom. The second-order valence-electron chi connectivity index (χ2n) is 7.00. The Bertz CT molecular complexity index is 825. The van der Waals surface area contributed by atoms with E-state index in [2.05, 4.69) is 39.2 Å². The fourth-order valence-electron chi connectivity index (χ4n) is 2.80. The lowest BCUT2D eigenvalue weighted by Crippen LogP contribution is -2.41. The Balaban J connectivity index is 2.27. The number of nitrogens with zero attached hydrogens (tertiary/aromatic N) is 3. The molecular formula is C20H28ClN5O2S. The molecule has 0 bridgehead atoms. The molecule has 1 heterocycles. The molecule has 0 aliphatic rings. The minimum atomic E-state index is -0.529. The van der Waals surface area contributed by atoms with Crippen LogP contribution in [-0.2, 0) is 11.3 Å². The molecule has 0 aliphatic heterocycles. The highest BCUT2D eigenvalue weighted by Gasteiger charge is 2.22. The van der Waals surface area contributed by atoms with E-state index in [4.69, 9.17) is 11.6 Å². The van der Waals surface area contributed by atoms with Gasteiger partial charge in [0.2, 0.25) is 5.91 Å². The first-order chi connectivity index (χ1) is 13.8. The molecule has 0 aliphatic carbocycles. The first-order valence-electron chi connectivity index (χ1n) is 9.74. The topological polar surface area (TPSA) is 88.9 Å². The molecule has 2 rings (SSSR count). The molecule has 0 saturated heterocycles. The van der Waals surface area contributed by atoms with Crippen LogP contribution in [0, 0.1) is 5.92 Å². The summed E-state index contributed by atoms with van der Waals surface area (Å²) in [5.41, 5.74) is 0.916. The number of amides is 3. The van der Waals surface area contributed by atoms with Gasteiger partial charge in [0.05, 0.1) is 5.25 Å². The highest BCUT2D eigenvalue weighted by Crippen LogP contribution is 2.29. The summed E-state index contributed by atoms with van der Waals surface area (Å²) in [6.45, 7) is 6.87. The van der Waals surface area contributed by atoms with E-state index in [0.717, 1.165) is 37.2 Å². The van der Waals surface area contributed by atoms with Crippen molar-refractivity contribution in [2.24, 2.45) is 5.92 Å². The van der Waals surface area contributed by atoms with Crippen LogP contribution in [0.4, 0.5) is 4.79 Å². The van der Waals surface area contributed by atoms with Gasteiger partial charge in [0.25, 0.3) is 0 Å². The molecule has 2 N–H and O–H groups in total. The minimum absolute atomic E-state index is 0.379. The quantitative estimate of drug-likeness (QED) is 0.569. The van der Waals surface area contributed by atoms with Crippen molar-refractivity contribution in [3.8, 4) is 11.4 Å². The highest BCUT2D eigenvalue weighted by atomic mass is 35.5. The van der Waals surface area contributed by atoms with E-state index >= 15 is 0 Å². The van der Waals surface area contributed by atoms with Crippen molar-refractivity contribution in [1.82, 2.24) is 25.4 Å². The zero-order chi connectivity index (χ0) is 21.4. The van der Waals surface area contributed by atoms with Crippen molar-refractivity contribution in [2.75, 3.05) is 7.05 Å². The van der Waals surface area contributed by atoms with Crippen LogP contribution in [0.2, 0.25) is 5.02 Å². The minimum Gasteiger partial charge on any atom is -0.341 e. The van der Waals surface area contributed by atoms with Gasteiger partial charge in [-0.3, -0.25) is 10.1 Å². The maximum atomic E-state index is 12.2. The maximum Gasteiger partial charge on any atom is 0.321 e. The van der Waals surface area contributed by atoms with E-state index in [1.165, 1.54) is 18.8 Å². The van der Waals surface area contributed by atoms with Crippen molar-refractivity contribution in [1.29, 1.82) is 0 Å². The van der Waals surface area contributed by atoms with Gasteiger partial charge in [0.1, 0.15) is 0 Å². The number of hydrogen-bond acceptors (Lipinski definition) is 5. The maximum absolute atomic E-state index is 12.2. The second-order valence-corrected chi connectivity index (χ2v) is 8.74. The largest absolute Gasteiger partial charge is 0.341 e. The van der Waals surface area contributed by atoms with Gasteiger partial charge in [0.15, 0.2) is 11.0 Å². The van der Waals surface area contributed by atoms with Crippen LogP contribution < -0.4 is 10.6 Å². The normalized spacial score (nSPS) is 13.0. The van der Waals surface area contributed by atoms with Crippen molar-refractivity contribution in [2.45, 2.75) is 57.0 Å².